The topological polar surface area (TPSA) is 34.9 Å². The molecule has 0 saturated carbocycles. The van der Waals surface area contributed by atoms with Crippen LogP contribution >= 0.6 is 22.9 Å². The second kappa shape index (κ2) is 5.65. The van der Waals surface area contributed by atoms with Crippen LogP contribution in [0.1, 0.15) is 0 Å². The number of fused-ring (bicyclic) bond motifs is 1. The Morgan fingerprint density at radius 3 is 2.48 bits per heavy atom. The Morgan fingerprint density at radius 1 is 0.957 bits per heavy atom. The van der Waals surface area contributed by atoms with E-state index < -0.39 is 0 Å². The van der Waals surface area contributed by atoms with Crippen LogP contribution in [-0.4, -0.2) is 9.55 Å². The minimum atomic E-state index is -0.0821. The van der Waals surface area contributed by atoms with Gasteiger partial charge in [0.2, 0.25) is 0 Å². The first-order valence-electron chi connectivity index (χ1n) is 7.06. The predicted octanol–water partition coefficient (Wildman–Crippen LogP) is 4.77. The van der Waals surface area contributed by atoms with E-state index in [0.29, 0.717) is 21.7 Å². The molecule has 0 radical (unpaired) electrons. The summed E-state index contributed by atoms with van der Waals surface area (Å²) in [6.45, 7) is 0. The summed E-state index contributed by atoms with van der Waals surface area (Å²) < 4.78 is 1.64. The van der Waals surface area contributed by atoms with Crippen molar-refractivity contribution in [3.05, 3.63) is 81.4 Å². The zero-order chi connectivity index (χ0) is 15.8. The van der Waals surface area contributed by atoms with Crippen LogP contribution in [0.25, 0.3) is 27.3 Å². The van der Waals surface area contributed by atoms with Gasteiger partial charge in [0.25, 0.3) is 5.56 Å². The van der Waals surface area contributed by atoms with Gasteiger partial charge in [-0.05, 0) is 47.8 Å². The largest absolute Gasteiger partial charge is 0.268 e. The third kappa shape index (κ3) is 2.46. The number of halogens is 1. The van der Waals surface area contributed by atoms with Crippen LogP contribution in [0.3, 0.4) is 0 Å². The highest BCUT2D eigenvalue weighted by molar-refractivity contribution is 7.13. The minimum Gasteiger partial charge on any atom is -0.268 e. The Labute approximate surface area is 141 Å². The van der Waals surface area contributed by atoms with E-state index in [1.54, 1.807) is 34.1 Å². The summed E-state index contributed by atoms with van der Waals surface area (Å²) in [6, 6.07) is 18.5. The third-order valence-electron chi connectivity index (χ3n) is 3.60. The van der Waals surface area contributed by atoms with Crippen molar-refractivity contribution in [3.8, 4) is 16.4 Å². The maximum atomic E-state index is 13.0. The number of thiophene rings is 1. The zero-order valence-electron chi connectivity index (χ0n) is 11.9. The van der Waals surface area contributed by atoms with Gasteiger partial charge in [0, 0.05) is 5.02 Å². The summed E-state index contributed by atoms with van der Waals surface area (Å²) in [5.41, 5.74) is 1.37. The van der Waals surface area contributed by atoms with Gasteiger partial charge in [-0.25, -0.2) is 4.98 Å². The molecule has 0 aliphatic carbocycles. The normalized spacial score (nSPS) is 11.0. The molecule has 2 heterocycles. The predicted molar refractivity (Wildman–Crippen MR) is 95.7 cm³/mol. The van der Waals surface area contributed by atoms with E-state index in [2.05, 4.69) is 0 Å². The number of nitrogens with zero attached hydrogens (tertiary/aromatic N) is 2. The van der Waals surface area contributed by atoms with Crippen molar-refractivity contribution in [1.82, 2.24) is 9.55 Å². The average molecular weight is 339 g/mol. The van der Waals surface area contributed by atoms with Gasteiger partial charge < -0.3 is 0 Å². The highest BCUT2D eigenvalue weighted by atomic mass is 35.5. The lowest BCUT2D eigenvalue weighted by Gasteiger charge is -2.12. The molecule has 0 fully saturated rings. The number of aromatic nitrogens is 2. The first-order chi connectivity index (χ1) is 11.2. The van der Waals surface area contributed by atoms with E-state index >= 15 is 0 Å². The maximum Gasteiger partial charge on any atom is 0.266 e. The summed E-state index contributed by atoms with van der Waals surface area (Å²) in [4.78, 5) is 18.7. The van der Waals surface area contributed by atoms with E-state index in [9.17, 15) is 4.79 Å². The van der Waals surface area contributed by atoms with Crippen molar-refractivity contribution in [1.29, 1.82) is 0 Å². The van der Waals surface area contributed by atoms with E-state index in [0.717, 1.165) is 10.6 Å². The molecule has 4 aromatic rings. The summed E-state index contributed by atoms with van der Waals surface area (Å²) in [5.74, 6) is 0.644. The molecule has 23 heavy (non-hydrogen) atoms. The lowest BCUT2D eigenvalue weighted by molar-refractivity contribution is 0.980. The van der Waals surface area contributed by atoms with Crippen LogP contribution in [0.5, 0.6) is 0 Å². The second-order valence-corrected chi connectivity index (χ2v) is 6.43. The molecule has 112 valence electrons. The van der Waals surface area contributed by atoms with Gasteiger partial charge in [0.1, 0.15) is 0 Å². The smallest absolute Gasteiger partial charge is 0.266 e. The molecule has 0 atom stereocenters. The van der Waals surface area contributed by atoms with Crippen molar-refractivity contribution in [3.63, 3.8) is 0 Å². The molecule has 0 aliphatic rings. The Morgan fingerprint density at radius 2 is 1.74 bits per heavy atom. The van der Waals surface area contributed by atoms with Crippen LogP contribution in [0.4, 0.5) is 0 Å². The van der Waals surface area contributed by atoms with E-state index in [-0.39, 0.29) is 5.56 Å². The van der Waals surface area contributed by atoms with Crippen LogP contribution in [0, 0.1) is 0 Å². The SMILES string of the molecule is O=c1c2ccccc2nc(-c2cccs2)n1-c1ccc(Cl)cc1. The summed E-state index contributed by atoms with van der Waals surface area (Å²) in [5, 5.41) is 3.21. The maximum absolute atomic E-state index is 13.0. The monoisotopic (exact) mass is 338 g/mol. The Balaban J connectivity index is 2.11. The number of rotatable bonds is 2. The minimum absolute atomic E-state index is 0.0821. The summed E-state index contributed by atoms with van der Waals surface area (Å²) in [7, 11) is 0. The molecule has 0 amide bonds. The first kappa shape index (κ1) is 14.2. The Bertz CT molecular complexity index is 1040. The lowest BCUT2D eigenvalue weighted by atomic mass is 10.2. The molecule has 2 aromatic carbocycles. The van der Waals surface area contributed by atoms with Crippen molar-refractivity contribution in [2.75, 3.05) is 0 Å². The number of hydrogen-bond acceptors (Lipinski definition) is 3. The molecule has 0 bridgehead atoms. The van der Waals surface area contributed by atoms with Gasteiger partial charge in [0.15, 0.2) is 5.82 Å². The second-order valence-electron chi connectivity index (χ2n) is 5.05. The van der Waals surface area contributed by atoms with Crippen LogP contribution in [-0.2, 0) is 0 Å². The van der Waals surface area contributed by atoms with Crippen LogP contribution in [0.2, 0.25) is 5.02 Å². The number of benzene rings is 2. The van der Waals surface area contributed by atoms with Crippen molar-refractivity contribution < 1.29 is 0 Å². The van der Waals surface area contributed by atoms with Gasteiger partial charge in [0.05, 0.1) is 21.5 Å². The molecule has 0 saturated heterocycles. The molecule has 0 N–H and O–H groups in total. The highest BCUT2D eigenvalue weighted by Gasteiger charge is 2.14. The lowest BCUT2D eigenvalue weighted by Crippen LogP contribution is -2.21. The van der Waals surface area contributed by atoms with Crippen molar-refractivity contribution in [2.24, 2.45) is 0 Å². The van der Waals surface area contributed by atoms with Crippen LogP contribution < -0.4 is 5.56 Å². The van der Waals surface area contributed by atoms with Gasteiger partial charge in [-0.3, -0.25) is 9.36 Å². The fraction of sp³-hybridized carbons (Fsp3) is 0. The van der Waals surface area contributed by atoms with Gasteiger partial charge in [-0.15, -0.1) is 11.3 Å². The van der Waals surface area contributed by atoms with E-state index in [1.165, 1.54) is 0 Å². The summed E-state index contributed by atoms with van der Waals surface area (Å²) >= 11 is 7.53. The third-order valence-corrected chi connectivity index (χ3v) is 4.72. The summed E-state index contributed by atoms with van der Waals surface area (Å²) in [6.07, 6.45) is 0. The molecule has 5 heteroatoms. The molecule has 0 spiro atoms. The van der Waals surface area contributed by atoms with Crippen molar-refractivity contribution >= 4 is 33.8 Å². The molecule has 3 nitrogen and oxygen atoms in total. The zero-order valence-corrected chi connectivity index (χ0v) is 13.5. The molecular weight excluding hydrogens is 328 g/mol. The van der Waals surface area contributed by atoms with Gasteiger partial charge in [-0.1, -0.05) is 29.8 Å². The number of para-hydroxylation sites is 1. The average Bonchev–Trinajstić information content (AvgIpc) is 3.10. The molecule has 2 aromatic heterocycles. The fourth-order valence-corrected chi connectivity index (χ4v) is 3.36. The Hall–Kier alpha value is -2.43. The quantitative estimate of drug-likeness (QED) is 0.528. The fourth-order valence-electron chi connectivity index (χ4n) is 2.53. The van der Waals surface area contributed by atoms with E-state index in [4.69, 9.17) is 16.6 Å². The van der Waals surface area contributed by atoms with Gasteiger partial charge in [-0.2, -0.15) is 0 Å². The van der Waals surface area contributed by atoms with E-state index in [1.807, 2.05) is 47.8 Å². The Kier molecular flexibility index (Phi) is 3.48. The molecule has 4 rings (SSSR count). The number of hydrogen-bond donors (Lipinski definition) is 0. The van der Waals surface area contributed by atoms with Gasteiger partial charge >= 0.3 is 0 Å². The molecule has 0 aliphatic heterocycles. The van der Waals surface area contributed by atoms with Crippen LogP contribution in [0.15, 0.2) is 70.8 Å². The standard InChI is InChI=1S/C18H11ClN2OS/c19-12-7-9-13(10-8-12)21-17(16-6-3-11-23-16)20-15-5-2-1-4-14(15)18(21)22/h1-11H. The highest BCUT2D eigenvalue weighted by Crippen LogP contribution is 2.26. The molecule has 0 unspecified atom stereocenters. The molecular formula is C18H11ClN2OS. The first-order valence-corrected chi connectivity index (χ1v) is 8.31. The van der Waals surface area contributed by atoms with Crippen molar-refractivity contribution in [2.45, 2.75) is 0 Å².